The fourth-order valence-corrected chi connectivity index (χ4v) is 1.72. The number of hydrogen-bond donors (Lipinski definition) is 1. The van der Waals surface area contributed by atoms with Gasteiger partial charge in [0.05, 0.1) is 7.11 Å². The van der Waals surface area contributed by atoms with Crippen LogP contribution < -0.4 is 10.5 Å². The van der Waals surface area contributed by atoms with Gasteiger partial charge in [0.2, 0.25) is 0 Å². The minimum absolute atomic E-state index is 0.710. The molecule has 0 heterocycles. The second kappa shape index (κ2) is 5.42. The number of hydrogen-bond acceptors (Lipinski definition) is 4. The molecule has 18 heavy (non-hydrogen) atoms. The Morgan fingerprint density at radius 1 is 1.00 bits per heavy atom. The monoisotopic (exact) mass is 242 g/mol. The molecule has 0 aliphatic heterocycles. The average molecular weight is 242 g/mol. The standard InChI is InChI=1S/C14H14N2O2/c1-18-13-8-6-11(7-9-13)10-2-4-12(5-3-10)14(15)16-17/h2-9,14H,15H2,1H3. The van der Waals surface area contributed by atoms with Gasteiger partial charge in [-0.2, -0.15) is 0 Å². The highest BCUT2D eigenvalue weighted by Gasteiger charge is 2.05. The van der Waals surface area contributed by atoms with Crippen molar-refractivity contribution in [2.45, 2.75) is 6.17 Å². The fraction of sp³-hybridized carbons (Fsp3) is 0.143. The van der Waals surface area contributed by atoms with E-state index in [0.717, 1.165) is 16.9 Å². The first-order chi connectivity index (χ1) is 8.74. The van der Waals surface area contributed by atoms with Crippen molar-refractivity contribution < 1.29 is 4.74 Å². The number of ether oxygens (including phenoxy) is 1. The summed E-state index contributed by atoms with van der Waals surface area (Å²) in [6, 6.07) is 15.2. The van der Waals surface area contributed by atoms with E-state index < -0.39 is 6.17 Å². The van der Waals surface area contributed by atoms with Gasteiger partial charge in [-0.3, -0.25) is 0 Å². The zero-order chi connectivity index (χ0) is 13.0. The lowest BCUT2D eigenvalue weighted by Crippen LogP contribution is -2.05. The minimum atomic E-state index is -0.796. The third-order valence-electron chi connectivity index (χ3n) is 2.79. The summed E-state index contributed by atoms with van der Waals surface area (Å²) in [5, 5.41) is 2.80. The molecule has 0 aromatic heterocycles. The van der Waals surface area contributed by atoms with Crippen LogP contribution in [0.2, 0.25) is 0 Å². The number of nitrogens with zero attached hydrogens (tertiary/aromatic N) is 1. The largest absolute Gasteiger partial charge is 0.497 e. The second-order valence-electron chi connectivity index (χ2n) is 3.90. The summed E-state index contributed by atoms with van der Waals surface area (Å²) in [4.78, 5) is 10.3. The Hall–Kier alpha value is -2.20. The molecular formula is C14H14N2O2. The van der Waals surface area contributed by atoms with E-state index in [4.69, 9.17) is 10.5 Å². The maximum Gasteiger partial charge on any atom is 0.165 e. The van der Waals surface area contributed by atoms with Crippen LogP contribution in [-0.4, -0.2) is 7.11 Å². The molecule has 0 saturated carbocycles. The predicted molar refractivity (Wildman–Crippen MR) is 71.2 cm³/mol. The molecule has 2 aromatic rings. The first kappa shape index (κ1) is 12.3. The van der Waals surface area contributed by atoms with Crippen LogP contribution in [0.5, 0.6) is 5.75 Å². The van der Waals surface area contributed by atoms with Crippen molar-refractivity contribution in [3.05, 3.63) is 59.0 Å². The van der Waals surface area contributed by atoms with E-state index in [1.807, 2.05) is 48.5 Å². The molecule has 2 N–H and O–H groups in total. The van der Waals surface area contributed by atoms with Gasteiger partial charge in [0.1, 0.15) is 5.75 Å². The first-order valence-corrected chi connectivity index (χ1v) is 5.57. The van der Waals surface area contributed by atoms with Crippen LogP contribution in [0.15, 0.2) is 53.7 Å². The molecule has 0 bridgehead atoms. The van der Waals surface area contributed by atoms with E-state index in [1.165, 1.54) is 0 Å². The molecule has 0 saturated heterocycles. The van der Waals surface area contributed by atoms with Gasteiger partial charge in [0, 0.05) is 0 Å². The first-order valence-electron chi connectivity index (χ1n) is 5.57. The van der Waals surface area contributed by atoms with Crippen molar-refractivity contribution in [3.8, 4) is 16.9 Å². The van der Waals surface area contributed by atoms with Crippen LogP contribution in [0.3, 0.4) is 0 Å². The zero-order valence-electron chi connectivity index (χ0n) is 10.0. The number of nitrogens with two attached hydrogens (primary N) is 1. The topological polar surface area (TPSA) is 64.7 Å². The van der Waals surface area contributed by atoms with Crippen LogP contribution in [0, 0.1) is 4.91 Å². The quantitative estimate of drug-likeness (QED) is 0.838. The van der Waals surface area contributed by atoms with Crippen molar-refractivity contribution in [2.24, 2.45) is 10.9 Å². The number of benzene rings is 2. The molecule has 0 aliphatic rings. The second-order valence-corrected chi connectivity index (χ2v) is 3.90. The Morgan fingerprint density at radius 3 is 1.94 bits per heavy atom. The van der Waals surface area contributed by atoms with Crippen molar-refractivity contribution in [1.82, 2.24) is 0 Å². The molecule has 0 radical (unpaired) electrons. The van der Waals surface area contributed by atoms with Crippen LogP contribution in [-0.2, 0) is 0 Å². The maximum atomic E-state index is 10.3. The zero-order valence-corrected chi connectivity index (χ0v) is 10.0. The molecule has 2 rings (SSSR count). The molecular weight excluding hydrogens is 228 g/mol. The third kappa shape index (κ3) is 2.55. The van der Waals surface area contributed by atoms with Crippen LogP contribution in [0.4, 0.5) is 0 Å². The van der Waals surface area contributed by atoms with Gasteiger partial charge in [-0.05, 0) is 34.0 Å². The van der Waals surface area contributed by atoms with Crippen molar-refractivity contribution >= 4 is 0 Å². The van der Waals surface area contributed by atoms with Gasteiger partial charge in [-0.25, -0.2) is 0 Å². The summed E-state index contributed by atoms with van der Waals surface area (Å²) in [5.41, 5.74) is 8.37. The SMILES string of the molecule is COc1ccc(-c2ccc(C(N)N=O)cc2)cc1. The summed E-state index contributed by atoms with van der Waals surface area (Å²) in [6.07, 6.45) is -0.796. The molecule has 92 valence electrons. The summed E-state index contributed by atoms with van der Waals surface area (Å²) in [5.74, 6) is 0.822. The molecule has 1 unspecified atom stereocenters. The number of rotatable bonds is 4. The van der Waals surface area contributed by atoms with Gasteiger partial charge in [-0.15, -0.1) is 4.91 Å². The molecule has 2 aromatic carbocycles. The highest BCUT2D eigenvalue weighted by atomic mass is 16.5. The molecule has 0 aliphatic carbocycles. The normalized spacial score (nSPS) is 11.9. The number of methoxy groups -OCH3 is 1. The Bertz CT molecular complexity index is 520. The van der Waals surface area contributed by atoms with Gasteiger partial charge in [0.15, 0.2) is 6.17 Å². The Kier molecular flexibility index (Phi) is 3.69. The Morgan fingerprint density at radius 2 is 1.50 bits per heavy atom. The third-order valence-corrected chi connectivity index (χ3v) is 2.79. The van der Waals surface area contributed by atoms with Crippen LogP contribution in [0.1, 0.15) is 11.7 Å². The smallest absolute Gasteiger partial charge is 0.165 e. The minimum Gasteiger partial charge on any atom is -0.497 e. The summed E-state index contributed by atoms with van der Waals surface area (Å²) in [7, 11) is 1.64. The van der Waals surface area contributed by atoms with Crippen molar-refractivity contribution in [2.75, 3.05) is 7.11 Å². The van der Waals surface area contributed by atoms with Crippen LogP contribution >= 0.6 is 0 Å². The average Bonchev–Trinajstić information content (AvgIpc) is 2.47. The van der Waals surface area contributed by atoms with E-state index in [0.29, 0.717) is 5.56 Å². The van der Waals surface area contributed by atoms with Gasteiger partial charge in [-0.1, -0.05) is 36.4 Å². The summed E-state index contributed by atoms with van der Waals surface area (Å²) >= 11 is 0. The highest BCUT2D eigenvalue weighted by molar-refractivity contribution is 5.64. The van der Waals surface area contributed by atoms with E-state index in [2.05, 4.69) is 5.18 Å². The van der Waals surface area contributed by atoms with E-state index in [9.17, 15) is 4.91 Å². The highest BCUT2D eigenvalue weighted by Crippen LogP contribution is 2.23. The lowest BCUT2D eigenvalue weighted by atomic mass is 10.0. The summed E-state index contributed by atoms with van der Waals surface area (Å²) < 4.78 is 5.11. The van der Waals surface area contributed by atoms with Gasteiger partial charge in [0.25, 0.3) is 0 Å². The molecule has 1 atom stereocenters. The van der Waals surface area contributed by atoms with E-state index in [-0.39, 0.29) is 0 Å². The number of nitroso groups, excluding NO2 is 1. The van der Waals surface area contributed by atoms with Crippen molar-refractivity contribution in [1.29, 1.82) is 0 Å². The predicted octanol–water partition coefficient (Wildman–Crippen LogP) is 3.09. The maximum absolute atomic E-state index is 10.3. The molecule has 4 nitrogen and oxygen atoms in total. The lowest BCUT2D eigenvalue weighted by Gasteiger charge is -2.06. The molecule has 0 spiro atoms. The summed E-state index contributed by atoms with van der Waals surface area (Å²) in [6.45, 7) is 0. The molecule has 0 fully saturated rings. The van der Waals surface area contributed by atoms with E-state index >= 15 is 0 Å². The fourth-order valence-electron chi connectivity index (χ4n) is 1.72. The van der Waals surface area contributed by atoms with Gasteiger partial charge < -0.3 is 10.5 Å². The lowest BCUT2D eigenvalue weighted by molar-refractivity contribution is 0.415. The van der Waals surface area contributed by atoms with E-state index in [1.54, 1.807) is 7.11 Å². The molecule has 0 amide bonds. The Labute approximate surface area is 105 Å². The van der Waals surface area contributed by atoms with Crippen molar-refractivity contribution in [3.63, 3.8) is 0 Å². The van der Waals surface area contributed by atoms with Crippen LogP contribution in [0.25, 0.3) is 11.1 Å². The molecule has 4 heteroatoms. The Balaban J connectivity index is 2.25. The van der Waals surface area contributed by atoms with Gasteiger partial charge >= 0.3 is 0 Å².